The number of hydrogen-bond donors (Lipinski definition) is 1. The summed E-state index contributed by atoms with van der Waals surface area (Å²) in [6.07, 6.45) is 0.910. The van der Waals surface area contributed by atoms with Crippen molar-refractivity contribution < 1.29 is 5.11 Å². The molecule has 0 saturated carbocycles. The Kier molecular flexibility index (Phi) is 3.57. The number of halogens is 1. The first-order chi connectivity index (χ1) is 10.3. The highest BCUT2D eigenvalue weighted by Crippen LogP contribution is 2.27. The van der Waals surface area contributed by atoms with Crippen LogP contribution in [0.3, 0.4) is 0 Å². The Morgan fingerprint density at radius 1 is 1.05 bits per heavy atom. The number of benzene rings is 2. The van der Waals surface area contributed by atoms with Crippen molar-refractivity contribution in [3.63, 3.8) is 0 Å². The number of fused-ring (bicyclic) bond motifs is 1. The quantitative estimate of drug-likeness (QED) is 0.764. The summed E-state index contributed by atoms with van der Waals surface area (Å²) >= 11 is 5.98. The van der Waals surface area contributed by atoms with Gasteiger partial charge in [0.2, 0.25) is 0 Å². The summed E-state index contributed by atoms with van der Waals surface area (Å²) in [6.45, 7) is 6.55. The van der Waals surface area contributed by atoms with Gasteiger partial charge in [-0.05, 0) is 47.7 Å². The third-order valence-electron chi connectivity index (χ3n) is 3.33. The molecule has 3 rings (SSSR count). The molecule has 0 amide bonds. The van der Waals surface area contributed by atoms with E-state index >= 15 is 0 Å². The average molecular weight is 316 g/mol. The molecule has 0 aliphatic heterocycles. The van der Waals surface area contributed by atoms with E-state index in [0.717, 1.165) is 17.5 Å². The predicted octanol–water partition coefficient (Wildman–Crippen LogP) is 4.37. The van der Waals surface area contributed by atoms with Crippen molar-refractivity contribution in [1.82, 2.24) is 15.0 Å². The number of aromatic hydroxyl groups is 1. The van der Waals surface area contributed by atoms with Gasteiger partial charge in [0, 0.05) is 5.02 Å². The molecule has 0 aliphatic carbocycles. The first-order valence-electron chi connectivity index (χ1n) is 7.17. The molecule has 1 heterocycles. The average Bonchev–Trinajstić information content (AvgIpc) is 2.82. The molecule has 2 aromatic carbocycles. The second-order valence-electron chi connectivity index (χ2n) is 6.68. The van der Waals surface area contributed by atoms with Crippen LogP contribution in [-0.2, 0) is 6.42 Å². The summed E-state index contributed by atoms with van der Waals surface area (Å²) in [7, 11) is 0. The zero-order valence-corrected chi connectivity index (χ0v) is 13.6. The van der Waals surface area contributed by atoms with Gasteiger partial charge in [0.25, 0.3) is 0 Å². The van der Waals surface area contributed by atoms with E-state index in [1.807, 2.05) is 18.2 Å². The van der Waals surface area contributed by atoms with Crippen molar-refractivity contribution in [3.8, 4) is 11.4 Å². The maximum atomic E-state index is 10.1. The number of rotatable bonds is 2. The molecule has 1 N–H and O–H groups in total. The summed E-state index contributed by atoms with van der Waals surface area (Å²) < 4.78 is 0. The second kappa shape index (κ2) is 5.29. The Morgan fingerprint density at radius 3 is 2.50 bits per heavy atom. The van der Waals surface area contributed by atoms with E-state index in [4.69, 9.17) is 11.6 Å². The van der Waals surface area contributed by atoms with Gasteiger partial charge in [0.1, 0.15) is 22.5 Å². The molecule has 0 saturated heterocycles. The fraction of sp³-hybridized carbons (Fsp3) is 0.294. The molecule has 0 spiro atoms. The fourth-order valence-corrected chi connectivity index (χ4v) is 2.61. The second-order valence-corrected chi connectivity index (χ2v) is 7.12. The zero-order valence-electron chi connectivity index (χ0n) is 12.8. The molecule has 114 valence electrons. The van der Waals surface area contributed by atoms with Crippen molar-refractivity contribution in [2.24, 2.45) is 5.41 Å². The molecule has 0 radical (unpaired) electrons. The number of hydrogen-bond acceptors (Lipinski definition) is 3. The highest BCUT2D eigenvalue weighted by atomic mass is 35.5. The number of nitrogens with zero attached hydrogens (tertiary/aromatic N) is 3. The molecular formula is C17H18ClN3O. The third kappa shape index (κ3) is 3.07. The van der Waals surface area contributed by atoms with Gasteiger partial charge in [-0.2, -0.15) is 0 Å². The Labute approximate surface area is 134 Å². The molecule has 4 nitrogen and oxygen atoms in total. The van der Waals surface area contributed by atoms with Crippen LogP contribution in [0, 0.1) is 5.41 Å². The monoisotopic (exact) mass is 315 g/mol. The summed E-state index contributed by atoms with van der Waals surface area (Å²) in [4.78, 5) is 1.46. The minimum atomic E-state index is 0.157. The molecular weight excluding hydrogens is 298 g/mol. The van der Waals surface area contributed by atoms with E-state index < -0.39 is 0 Å². The molecule has 3 aromatic rings. The van der Waals surface area contributed by atoms with Crippen LogP contribution < -0.4 is 0 Å². The Balaban J connectivity index is 2.07. The van der Waals surface area contributed by atoms with E-state index in [1.165, 1.54) is 4.80 Å². The van der Waals surface area contributed by atoms with E-state index in [1.54, 1.807) is 18.2 Å². The Bertz CT molecular complexity index is 834. The molecule has 0 bridgehead atoms. The van der Waals surface area contributed by atoms with E-state index in [9.17, 15) is 5.11 Å². The van der Waals surface area contributed by atoms with Gasteiger partial charge >= 0.3 is 0 Å². The summed E-state index contributed by atoms with van der Waals surface area (Å²) in [5.41, 5.74) is 3.33. The van der Waals surface area contributed by atoms with Crippen molar-refractivity contribution >= 4 is 22.6 Å². The first kappa shape index (κ1) is 14.9. The molecule has 22 heavy (non-hydrogen) atoms. The molecule has 1 aromatic heterocycles. The SMILES string of the molecule is CC(C)(C)Cc1ccc(O)c(-n2nc3ccc(Cl)cc3n2)c1. The lowest BCUT2D eigenvalue weighted by atomic mass is 9.88. The number of phenolic OH excluding ortho intramolecular Hbond substituents is 1. The van der Waals surface area contributed by atoms with Crippen molar-refractivity contribution in [3.05, 3.63) is 47.0 Å². The molecule has 0 fully saturated rings. The van der Waals surface area contributed by atoms with Crippen LogP contribution in [0.4, 0.5) is 0 Å². The molecule has 0 atom stereocenters. The Hall–Kier alpha value is -2.07. The van der Waals surface area contributed by atoms with Gasteiger partial charge < -0.3 is 5.11 Å². The molecule has 0 unspecified atom stereocenters. The maximum absolute atomic E-state index is 10.1. The van der Waals surface area contributed by atoms with Crippen molar-refractivity contribution in [2.75, 3.05) is 0 Å². The van der Waals surface area contributed by atoms with E-state index in [2.05, 4.69) is 31.0 Å². The standard InChI is InChI=1S/C17H18ClN3O/c1-17(2,3)10-11-4-7-16(22)15(8-11)21-19-13-6-5-12(18)9-14(13)20-21/h4-9,22H,10H2,1-3H3. The lowest BCUT2D eigenvalue weighted by Crippen LogP contribution is -2.10. The molecule has 0 aliphatic rings. The van der Waals surface area contributed by atoms with Crippen LogP contribution in [0.5, 0.6) is 5.75 Å². The zero-order chi connectivity index (χ0) is 15.9. The van der Waals surface area contributed by atoms with Crippen LogP contribution in [0.25, 0.3) is 16.7 Å². The lowest BCUT2D eigenvalue weighted by molar-refractivity contribution is 0.410. The van der Waals surface area contributed by atoms with E-state index in [0.29, 0.717) is 16.2 Å². The van der Waals surface area contributed by atoms with Crippen LogP contribution in [0.15, 0.2) is 36.4 Å². The smallest absolute Gasteiger partial charge is 0.143 e. The number of aromatic nitrogens is 3. The van der Waals surface area contributed by atoms with Crippen LogP contribution in [0.2, 0.25) is 5.02 Å². The highest BCUT2D eigenvalue weighted by Gasteiger charge is 2.15. The van der Waals surface area contributed by atoms with Crippen LogP contribution in [-0.4, -0.2) is 20.1 Å². The largest absolute Gasteiger partial charge is 0.506 e. The highest BCUT2D eigenvalue weighted by molar-refractivity contribution is 6.31. The fourth-order valence-electron chi connectivity index (χ4n) is 2.45. The summed E-state index contributed by atoms with van der Waals surface area (Å²) in [5.74, 6) is 0.157. The Morgan fingerprint density at radius 2 is 1.77 bits per heavy atom. The van der Waals surface area contributed by atoms with Gasteiger partial charge in [-0.25, -0.2) is 0 Å². The molecule has 5 heteroatoms. The van der Waals surface area contributed by atoms with Crippen LogP contribution in [0.1, 0.15) is 26.3 Å². The first-order valence-corrected chi connectivity index (χ1v) is 7.54. The van der Waals surface area contributed by atoms with Gasteiger partial charge in [-0.1, -0.05) is 38.4 Å². The summed E-state index contributed by atoms with van der Waals surface area (Å²) in [5, 5.41) is 19.6. The van der Waals surface area contributed by atoms with Gasteiger partial charge in [0.05, 0.1) is 0 Å². The van der Waals surface area contributed by atoms with Crippen molar-refractivity contribution in [1.29, 1.82) is 0 Å². The minimum absolute atomic E-state index is 0.157. The van der Waals surface area contributed by atoms with Gasteiger partial charge in [-0.3, -0.25) is 0 Å². The van der Waals surface area contributed by atoms with Gasteiger partial charge in [0.15, 0.2) is 0 Å². The van der Waals surface area contributed by atoms with E-state index in [-0.39, 0.29) is 11.2 Å². The number of phenols is 1. The predicted molar refractivity (Wildman–Crippen MR) is 88.7 cm³/mol. The minimum Gasteiger partial charge on any atom is -0.506 e. The van der Waals surface area contributed by atoms with Crippen LogP contribution >= 0.6 is 11.6 Å². The topological polar surface area (TPSA) is 50.9 Å². The normalized spacial score (nSPS) is 12.0. The maximum Gasteiger partial charge on any atom is 0.143 e. The summed E-state index contributed by atoms with van der Waals surface area (Å²) in [6, 6.07) is 10.9. The third-order valence-corrected chi connectivity index (χ3v) is 3.57. The van der Waals surface area contributed by atoms with Gasteiger partial charge in [-0.15, -0.1) is 15.0 Å². The van der Waals surface area contributed by atoms with Crippen molar-refractivity contribution in [2.45, 2.75) is 27.2 Å². The lowest BCUT2D eigenvalue weighted by Gasteiger charge is -2.18.